The molecule has 1 aliphatic rings. The standard InChI is InChI=1S/C14H20ClNO/c15-13-7-1-2-8-14(13)17-10-4-6-12-5-3-9-16-11-12/h1-2,7-8,12,16H,3-6,9-11H2. The highest BCUT2D eigenvalue weighted by molar-refractivity contribution is 6.32. The van der Waals surface area contributed by atoms with Crippen molar-refractivity contribution in [1.29, 1.82) is 0 Å². The summed E-state index contributed by atoms with van der Waals surface area (Å²) in [5.74, 6) is 1.63. The maximum Gasteiger partial charge on any atom is 0.137 e. The van der Waals surface area contributed by atoms with Gasteiger partial charge in [0.05, 0.1) is 11.6 Å². The highest BCUT2D eigenvalue weighted by Crippen LogP contribution is 2.23. The van der Waals surface area contributed by atoms with Crippen molar-refractivity contribution in [1.82, 2.24) is 5.32 Å². The number of ether oxygens (including phenoxy) is 1. The Morgan fingerprint density at radius 3 is 3.00 bits per heavy atom. The third kappa shape index (κ3) is 4.21. The van der Waals surface area contributed by atoms with Crippen LogP contribution >= 0.6 is 11.6 Å². The molecule has 1 heterocycles. The molecule has 0 amide bonds. The minimum atomic E-state index is 0.701. The number of hydrogen-bond donors (Lipinski definition) is 1. The first-order valence-corrected chi connectivity index (χ1v) is 6.82. The van der Waals surface area contributed by atoms with E-state index in [2.05, 4.69) is 5.32 Å². The molecular formula is C14H20ClNO. The number of nitrogens with one attached hydrogen (secondary N) is 1. The highest BCUT2D eigenvalue weighted by Gasteiger charge is 2.12. The van der Waals surface area contributed by atoms with E-state index in [-0.39, 0.29) is 0 Å². The predicted molar refractivity (Wildman–Crippen MR) is 71.8 cm³/mol. The third-order valence-electron chi connectivity index (χ3n) is 3.25. The summed E-state index contributed by atoms with van der Waals surface area (Å²) in [5.41, 5.74) is 0. The quantitative estimate of drug-likeness (QED) is 0.811. The third-order valence-corrected chi connectivity index (χ3v) is 3.56. The van der Waals surface area contributed by atoms with Crippen LogP contribution < -0.4 is 10.1 Å². The molecule has 0 aromatic heterocycles. The fraction of sp³-hybridized carbons (Fsp3) is 0.571. The van der Waals surface area contributed by atoms with Crippen molar-refractivity contribution in [2.75, 3.05) is 19.7 Å². The van der Waals surface area contributed by atoms with Gasteiger partial charge in [-0.15, -0.1) is 0 Å². The fourth-order valence-corrected chi connectivity index (χ4v) is 2.48. The van der Waals surface area contributed by atoms with Gasteiger partial charge in [-0.05, 0) is 56.8 Å². The van der Waals surface area contributed by atoms with Crippen LogP contribution in [0.5, 0.6) is 5.75 Å². The van der Waals surface area contributed by atoms with Crippen LogP contribution in [-0.2, 0) is 0 Å². The van der Waals surface area contributed by atoms with Crippen LogP contribution in [0, 0.1) is 5.92 Å². The van der Waals surface area contributed by atoms with Gasteiger partial charge in [-0.1, -0.05) is 23.7 Å². The van der Waals surface area contributed by atoms with Crippen molar-refractivity contribution in [3.63, 3.8) is 0 Å². The van der Waals surface area contributed by atoms with Crippen LogP contribution in [-0.4, -0.2) is 19.7 Å². The molecule has 2 rings (SSSR count). The molecule has 3 heteroatoms. The van der Waals surface area contributed by atoms with E-state index in [0.29, 0.717) is 5.02 Å². The Kier molecular flexibility index (Phi) is 5.14. The summed E-state index contributed by atoms with van der Waals surface area (Å²) in [6, 6.07) is 7.65. The van der Waals surface area contributed by atoms with Gasteiger partial charge in [-0.2, -0.15) is 0 Å². The summed E-state index contributed by atoms with van der Waals surface area (Å²) in [4.78, 5) is 0. The molecule has 0 bridgehead atoms. The van der Waals surface area contributed by atoms with E-state index in [1.165, 1.54) is 32.4 Å². The van der Waals surface area contributed by atoms with E-state index in [9.17, 15) is 0 Å². The van der Waals surface area contributed by atoms with E-state index < -0.39 is 0 Å². The molecular weight excluding hydrogens is 234 g/mol. The lowest BCUT2D eigenvalue weighted by Crippen LogP contribution is -2.29. The molecule has 1 N–H and O–H groups in total. The second-order valence-electron chi connectivity index (χ2n) is 4.63. The zero-order valence-electron chi connectivity index (χ0n) is 10.1. The molecule has 1 aromatic carbocycles. The van der Waals surface area contributed by atoms with Gasteiger partial charge in [0, 0.05) is 0 Å². The van der Waals surface area contributed by atoms with Crippen LogP contribution in [0.15, 0.2) is 24.3 Å². The van der Waals surface area contributed by atoms with Gasteiger partial charge in [0.2, 0.25) is 0 Å². The Bertz CT molecular complexity index is 337. The summed E-state index contributed by atoms with van der Waals surface area (Å²) in [6.07, 6.45) is 5.03. The zero-order chi connectivity index (χ0) is 11.9. The van der Waals surface area contributed by atoms with Gasteiger partial charge in [-0.25, -0.2) is 0 Å². The van der Waals surface area contributed by atoms with E-state index in [4.69, 9.17) is 16.3 Å². The van der Waals surface area contributed by atoms with Crippen LogP contribution in [0.2, 0.25) is 5.02 Å². The number of hydrogen-bond acceptors (Lipinski definition) is 2. The first-order chi connectivity index (χ1) is 8.36. The lowest BCUT2D eigenvalue weighted by molar-refractivity contribution is 0.275. The van der Waals surface area contributed by atoms with E-state index in [0.717, 1.165) is 24.7 Å². The van der Waals surface area contributed by atoms with Gasteiger partial charge < -0.3 is 10.1 Å². The van der Waals surface area contributed by atoms with Gasteiger partial charge in [0.25, 0.3) is 0 Å². The first kappa shape index (κ1) is 12.7. The topological polar surface area (TPSA) is 21.3 Å². The molecule has 0 spiro atoms. The van der Waals surface area contributed by atoms with Gasteiger partial charge in [-0.3, -0.25) is 0 Å². The first-order valence-electron chi connectivity index (χ1n) is 6.44. The largest absolute Gasteiger partial charge is 0.492 e. The normalized spacial score (nSPS) is 20.2. The number of benzene rings is 1. The minimum Gasteiger partial charge on any atom is -0.492 e. The fourth-order valence-electron chi connectivity index (χ4n) is 2.29. The molecule has 1 unspecified atom stereocenters. The number of rotatable bonds is 5. The number of piperidine rings is 1. The van der Waals surface area contributed by atoms with Crippen molar-refractivity contribution < 1.29 is 4.74 Å². The SMILES string of the molecule is Clc1ccccc1OCCCC1CCCNC1. The molecule has 1 aliphatic heterocycles. The Labute approximate surface area is 108 Å². The highest BCUT2D eigenvalue weighted by atomic mass is 35.5. The summed E-state index contributed by atoms with van der Waals surface area (Å²) >= 11 is 6.02. The molecule has 0 saturated carbocycles. The molecule has 1 fully saturated rings. The molecule has 1 saturated heterocycles. The van der Waals surface area contributed by atoms with Crippen LogP contribution in [0.3, 0.4) is 0 Å². The van der Waals surface area contributed by atoms with Crippen molar-refractivity contribution in [3.8, 4) is 5.75 Å². The lowest BCUT2D eigenvalue weighted by atomic mass is 9.95. The van der Waals surface area contributed by atoms with Crippen LogP contribution in [0.1, 0.15) is 25.7 Å². The summed E-state index contributed by atoms with van der Waals surface area (Å²) in [5, 5.41) is 4.14. The number of halogens is 1. The lowest BCUT2D eigenvalue weighted by Gasteiger charge is -2.22. The Morgan fingerprint density at radius 2 is 2.24 bits per heavy atom. The van der Waals surface area contributed by atoms with Gasteiger partial charge in [0.15, 0.2) is 0 Å². The Hall–Kier alpha value is -0.730. The van der Waals surface area contributed by atoms with Crippen LogP contribution in [0.4, 0.5) is 0 Å². The molecule has 17 heavy (non-hydrogen) atoms. The maximum absolute atomic E-state index is 6.02. The minimum absolute atomic E-state index is 0.701. The number of para-hydroxylation sites is 1. The van der Waals surface area contributed by atoms with Crippen molar-refractivity contribution in [2.45, 2.75) is 25.7 Å². The average Bonchev–Trinajstić information content (AvgIpc) is 2.38. The maximum atomic E-state index is 6.02. The molecule has 1 atom stereocenters. The molecule has 94 valence electrons. The second-order valence-corrected chi connectivity index (χ2v) is 5.04. The van der Waals surface area contributed by atoms with Gasteiger partial charge in [0.1, 0.15) is 5.75 Å². The summed E-state index contributed by atoms with van der Waals surface area (Å²) in [7, 11) is 0. The Morgan fingerprint density at radius 1 is 1.35 bits per heavy atom. The van der Waals surface area contributed by atoms with E-state index in [1.807, 2.05) is 24.3 Å². The average molecular weight is 254 g/mol. The smallest absolute Gasteiger partial charge is 0.137 e. The van der Waals surface area contributed by atoms with E-state index in [1.54, 1.807) is 0 Å². The van der Waals surface area contributed by atoms with Gasteiger partial charge >= 0.3 is 0 Å². The van der Waals surface area contributed by atoms with Crippen LogP contribution in [0.25, 0.3) is 0 Å². The molecule has 1 aromatic rings. The van der Waals surface area contributed by atoms with Crippen molar-refractivity contribution in [3.05, 3.63) is 29.3 Å². The van der Waals surface area contributed by atoms with Crippen molar-refractivity contribution in [2.24, 2.45) is 5.92 Å². The molecule has 0 radical (unpaired) electrons. The monoisotopic (exact) mass is 253 g/mol. The van der Waals surface area contributed by atoms with Crippen molar-refractivity contribution >= 4 is 11.6 Å². The van der Waals surface area contributed by atoms with E-state index >= 15 is 0 Å². The Balaban J connectivity index is 1.64. The predicted octanol–water partition coefficient (Wildman–Crippen LogP) is 3.50. The molecule has 2 nitrogen and oxygen atoms in total. The summed E-state index contributed by atoms with van der Waals surface area (Å²) < 4.78 is 5.68. The molecule has 0 aliphatic carbocycles. The zero-order valence-corrected chi connectivity index (χ0v) is 10.9. The summed E-state index contributed by atoms with van der Waals surface area (Å²) in [6.45, 7) is 3.12. The second kappa shape index (κ2) is 6.87.